The molecule has 5 heteroatoms. The van der Waals surface area contributed by atoms with E-state index in [0.29, 0.717) is 4.88 Å². The molecule has 0 saturated carbocycles. The molecule has 0 bridgehead atoms. The van der Waals surface area contributed by atoms with Gasteiger partial charge in [-0.25, -0.2) is 4.98 Å². The third-order valence-corrected chi connectivity index (χ3v) is 2.75. The van der Waals surface area contributed by atoms with Gasteiger partial charge in [-0.05, 0) is 6.92 Å². The van der Waals surface area contributed by atoms with Crippen LogP contribution >= 0.6 is 24.0 Å². The molecule has 11 heavy (non-hydrogen) atoms. The number of carbonyl (C=O) groups excluding carboxylic acids is 1. The van der Waals surface area contributed by atoms with E-state index in [4.69, 9.17) is 0 Å². The quantitative estimate of drug-likeness (QED) is 0.692. The lowest BCUT2D eigenvalue weighted by Crippen LogP contribution is -1.87. The molecule has 0 unspecified atom stereocenters. The lowest BCUT2D eigenvalue weighted by atomic mass is 10.4. The topological polar surface area (TPSA) is 42.0 Å². The van der Waals surface area contributed by atoms with Crippen molar-refractivity contribution in [2.24, 2.45) is 0 Å². The van der Waals surface area contributed by atoms with Crippen LogP contribution in [0.15, 0.2) is 0 Å². The predicted octanol–water partition coefficient (Wildman–Crippen LogP) is 1.56. The summed E-state index contributed by atoms with van der Waals surface area (Å²) in [7, 11) is 1.77. The molecule has 0 atom stereocenters. The molecule has 1 N–H and O–H groups in total. The zero-order valence-electron chi connectivity index (χ0n) is 6.21. The van der Waals surface area contributed by atoms with Gasteiger partial charge in [0, 0.05) is 7.05 Å². The summed E-state index contributed by atoms with van der Waals surface area (Å²) in [5.41, 5.74) is 0.736. The van der Waals surface area contributed by atoms with Crippen molar-refractivity contribution in [3.63, 3.8) is 0 Å². The summed E-state index contributed by atoms with van der Waals surface area (Å²) in [5, 5.41) is 3.39. The van der Waals surface area contributed by atoms with Crippen molar-refractivity contribution in [3.8, 4) is 0 Å². The number of thiazole rings is 1. The van der Waals surface area contributed by atoms with Crippen molar-refractivity contribution in [1.29, 1.82) is 0 Å². The standard InChI is InChI=1S/C6H8N2OS2/c1-3-4(5(9)10)11-6(7-2)8-3/h1-2H3,(H,7,8)(H,9,10). The molecule has 1 heterocycles. The number of carbonyl (C=O) groups is 1. The van der Waals surface area contributed by atoms with Crippen molar-refractivity contribution >= 4 is 34.2 Å². The van der Waals surface area contributed by atoms with E-state index in [-0.39, 0.29) is 5.12 Å². The third-order valence-electron chi connectivity index (χ3n) is 1.20. The number of aryl methyl sites for hydroxylation is 1. The monoisotopic (exact) mass is 188 g/mol. The van der Waals surface area contributed by atoms with E-state index < -0.39 is 0 Å². The van der Waals surface area contributed by atoms with E-state index in [2.05, 4.69) is 22.9 Å². The van der Waals surface area contributed by atoms with Crippen LogP contribution in [0, 0.1) is 6.92 Å². The zero-order valence-corrected chi connectivity index (χ0v) is 7.92. The van der Waals surface area contributed by atoms with Crippen molar-refractivity contribution < 1.29 is 4.79 Å². The summed E-state index contributed by atoms with van der Waals surface area (Å²) in [6.45, 7) is 1.79. The molecule has 0 fully saturated rings. The summed E-state index contributed by atoms with van der Waals surface area (Å²) in [4.78, 5) is 15.5. The fourth-order valence-electron chi connectivity index (χ4n) is 0.702. The van der Waals surface area contributed by atoms with Gasteiger partial charge in [-0.2, -0.15) is 0 Å². The SMILES string of the molecule is CNc1nc(C)c(C(=O)S)s1. The highest BCUT2D eigenvalue weighted by atomic mass is 32.1. The Hall–Kier alpha value is -0.550. The molecule has 0 aliphatic carbocycles. The molecule has 0 spiro atoms. The van der Waals surface area contributed by atoms with E-state index in [1.54, 1.807) is 14.0 Å². The minimum absolute atomic E-state index is 0.221. The highest BCUT2D eigenvalue weighted by molar-refractivity contribution is 7.97. The molecular formula is C6H8N2OS2. The summed E-state index contributed by atoms with van der Waals surface area (Å²) in [5.74, 6) is 0. The number of hydrogen-bond acceptors (Lipinski definition) is 4. The maximum atomic E-state index is 10.8. The Balaban J connectivity index is 3.07. The first-order valence-corrected chi connectivity index (χ1v) is 4.30. The zero-order chi connectivity index (χ0) is 8.43. The maximum Gasteiger partial charge on any atom is 0.228 e. The van der Waals surface area contributed by atoms with Crippen LogP contribution in [0.4, 0.5) is 5.13 Å². The summed E-state index contributed by atoms with van der Waals surface area (Å²) >= 11 is 5.03. The van der Waals surface area contributed by atoms with Gasteiger partial charge in [-0.3, -0.25) is 4.79 Å². The van der Waals surface area contributed by atoms with E-state index in [1.165, 1.54) is 11.3 Å². The molecule has 3 nitrogen and oxygen atoms in total. The normalized spacial score (nSPS) is 9.73. The minimum atomic E-state index is -0.221. The van der Waals surface area contributed by atoms with Gasteiger partial charge < -0.3 is 5.32 Å². The maximum absolute atomic E-state index is 10.8. The second-order valence-electron chi connectivity index (χ2n) is 1.99. The molecule has 0 saturated heterocycles. The molecule has 0 aliphatic rings. The molecule has 0 aromatic carbocycles. The number of aromatic nitrogens is 1. The van der Waals surface area contributed by atoms with E-state index in [1.807, 2.05) is 0 Å². The molecule has 1 aromatic heterocycles. The summed E-state index contributed by atoms with van der Waals surface area (Å²) in [6, 6.07) is 0. The van der Waals surface area contributed by atoms with Crippen LogP contribution in [-0.4, -0.2) is 17.1 Å². The lowest BCUT2D eigenvalue weighted by molar-refractivity contribution is 0.109. The Kier molecular flexibility index (Phi) is 2.51. The molecule has 0 radical (unpaired) electrons. The second-order valence-corrected chi connectivity index (χ2v) is 3.39. The van der Waals surface area contributed by atoms with Crippen molar-refractivity contribution in [2.45, 2.75) is 6.92 Å². The number of rotatable bonds is 2. The molecule has 0 amide bonds. The highest BCUT2D eigenvalue weighted by Crippen LogP contribution is 2.22. The Morgan fingerprint density at radius 2 is 2.36 bits per heavy atom. The highest BCUT2D eigenvalue weighted by Gasteiger charge is 2.10. The van der Waals surface area contributed by atoms with Gasteiger partial charge in [0.25, 0.3) is 0 Å². The molecule has 1 rings (SSSR count). The van der Waals surface area contributed by atoms with Gasteiger partial charge in [-0.1, -0.05) is 24.0 Å². The Labute approximate surface area is 74.3 Å². The fraction of sp³-hybridized carbons (Fsp3) is 0.333. The van der Waals surface area contributed by atoms with E-state index >= 15 is 0 Å². The predicted molar refractivity (Wildman–Crippen MR) is 49.7 cm³/mol. The van der Waals surface area contributed by atoms with E-state index in [0.717, 1.165) is 10.8 Å². The van der Waals surface area contributed by atoms with Gasteiger partial charge in [0.2, 0.25) is 5.12 Å². The fourth-order valence-corrected chi connectivity index (χ4v) is 1.76. The number of nitrogens with one attached hydrogen (secondary N) is 1. The van der Waals surface area contributed by atoms with Crippen LogP contribution < -0.4 is 5.32 Å². The molecule has 60 valence electrons. The largest absolute Gasteiger partial charge is 0.365 e. The van der Waals surface area contributed by atoms with Crippen LogP contribution in [0.2, 0.25) is 0 Å². The minimum Gasteiger partial charge on any atom is -0.365 e. The van der Waals surface area contributed by atoms with Crippen molar-refractivity contribution in [1.82, 2.24) is 4.98 Å². The number of nitrogens with zero attached hydrogens (tertiary/aromatic N) is 1. The molecule has 1 aromatic rings. The smallest absolute Gasteiger partial charge is 0.228 e. The van der Waals surface area contributed by atoms with Crippen molar-refractivity contribution in [2.75, 3.05) is 12.4 Å². The first kappa shape index (κ1) is 8.55. The first-order valence-electron chi connectivity index (χ1n) is 3.03. The lowest BCUT2D eigenvalue weighted by Gasteiger charge is -1.85. The Morgan fingerprint density at radius 3 is 2.64 bits per heavy atom. The molecule has 0 aliphatic heterocycles. The average molecular weight is 188 g/mol. The van der Waals surface area contributed by atoms with Crippen LogP contribution in [0.1, 0.15) is 15.4 Å². The van der Waals surface area contributed by atoms with Crippen LogP contribution in [-0.2, 0) is 0 Å². The van der Waals surface area contributed by atoms with Gasteiger partial charge >= 0.3 is 0 Å². The van der Waals surface area contributed by atoms with E-state index in [9.17, 15) is 4.79 Å². The number of thiol groups is 1. The average Bonchev–Trinajstić information content (AvgIpc) is 2.30. The van der Waals surface area contributed by atoms with Crippen LogP contribution in [0.5, 0.6) is 0 Å². The van der Waals surface area contributed by atoms with Gasteiger partial charge in [-0.15, -0.1) is 0 Å². The van der Waals surface area contributed by atoms with Crippen LogP contribution in [0.25, 0.3) is 0 Å². The Bertz CT molecular complexity index is 282. The Morgan fingerprint density at radius 1 is 1.73 bits per heavy atom. The number of anilines is 1. The number of hydrogen-bond donors (Lipinski definition) is 2. The van der Waals surface area contributed by atoms with Gasteiger partial charge in [0.1, 0.15) is 4.88 Å². The third kappa shape index (κ3) is 1.72. The van der Waals surface area contributed by atoms with Crippen LogP contribution in [0.3, 0.4) is 0 Å². The van der Waals surface area contributed by atoms with Gasteiger partial charge in [0.15, 0.2) is 5.13 Å². The van der Waals surface area contributed by atoms with Gasteiger partial charge in [0.05, 0.1) is 5.69 Å². The first-order chi connectivity index (χ1) is 5.15. The molecular weight excluding hydrogens is 180 g/mol. The second kappa shape index (κ2) is 3.23. The summed E-state index contributed by atoms with van der Waals surface area (Å²) < 4.78 is 0. The van der Waals surface area contributed by atoms with Crippen molar-refractivity contribution in [3.05, 3.63) is 10.6 Å². The summed E-state index contributed by atoms with van der Waals surface area (Å²) in [6.07, 6.45) is 0.